The van der Waals surface area contributed by atoms with Gasteiger partial charge >= 0.3 is 0 Å². The Kier molecular flexibility index (Phi) is 2.87. The van der Waals surface area contributed by atoms with Crippen molar-refractivity contribution in [2.24, 2.45) is 0 Å². The van der Waals surface area contributed by atoms with Crippen LogP contribution in [-0.4, -0.2) is 15.8 Å². The van der Waals surface area contributed by atoms with Gasteiger partial charge in [0, 0.05) is 22.9 Å². The topological polar surface area (TPSA) is 45.8 Å². The van der Waals surface area contributed by atoms with Crippen molar-refractivity contribution in [2.45, 2.75) is 11.8 Å². The van der Waals surface area contributed by atoms with E-state index in [2.05, 4.69) is 22.6 Å². The SMILES string of the molecule is CC(=O)c1c[nH]c2c(-c3ccc(S)cc3)ccnc12. The molecule has 0 spiro atoms. The molecule has 0 amide bonds. The molecular formula is C15H12N2OS. The fourth-order valence-corrected chi connectivity index (χ4v) is 2.32. The molecule has 3 aromatic rings. The van der Waals surface area contributed by atoms with Crippen LogP contribution in [-0.2, 0) is 0 Å². The molecule has 0 saturated carbocycles. The quantitative estimate of drug-likeness (QED) is 0.549. The maximum absolute atomic E-state index is 11.5. The van der Waals surface area contributed by atoms with E-state index >= 15 is 0 Å². The first-order valence-corrected chi connectivity index (χ1v) is 6.38. The number of carbonyl (C=O) groups excluding carboxylic acids is 1. The highest BCUT2D eigenvalue weighted by atomic mass is 32.1. The van der Waals surface area contributed by atoms with Crippen LogP contribution in [0.3, 0.4) is 0 Å². The Morgan fingerprint density at radius 3 is 2.63 bits per heavy atom. The molecule has 2 aromatic heterocycles. The summed E-state index contributed by atoms with van der Waals surface area (Å²) < 4.78 is 0. The first kappa shape index (κ1) is 12.0. The summed E-state index contributed by atoms with van der Waals surface area (Å²) in [6.45, 7) is 1.55. The van der Waals surface area contributed by atoms with Gasteiger partial charge in [0.1, 0.15) is 0 Å². The number of hydrogen-bond acceptors (Lipinski definition) is 3. The summed E-state index contributed by atoms with van der Waals surface area (Å²) >= 11 is 4.28. The Morgan fingerprint density at radius 1 is 1.21 bits per heavy atom. The minimum atomic E-state index is 0.0154. The van der Waals surface area contributed by atoms with E-state index in [0.717, 1.165) is 27.1 Å². The Bertz CT molecular complexity index is 759. The molecular weight excluding hydrogens is 256 g/mol. The van der Waals surface area contributed by atoms with Crippen LogP contribution in [0.5, 0.6) is 0 Å². The lowest BCUT2D eigenvalue weighted by molar-refractivity contribution is 0.101. The Morgan fingerprint density at radius 2 is 1.95 bits per heavy atom. The smallest absolute Gasteiger partial charge is 0.163 e. The van der Waals surface area contributed by atoms with Crippen molar-refractivity contribution in [1.29, 1.82) is 0 Å². The summed E-state index contributed by atoms with van der Waals surface area (Å²) in [6, 6.07) is 9.84. The summed E-state index contributed by atoms with van der Waals surface area (Å²) in [5.41, 5.74) is 4.34. The van der Waals surface area contributed by atoms with Crippen molar-refractivity contribution in [2.75, 3.05) is 0 Å². The van der Waals surface area contributed by atoms with Gasteiger partial charge in [0.25, 0.3) is 0 Å². The second kappa shape index (κ2) is 4.55. The van der Waals surface area contributed by atoms with Gasteiger partial charge < -0.3 is 4.98 Å². The minimum Gasteiger partial charge on any atom is -0.359 e. The first-order valence-electron chi connectivity index (χ1n) is 5.93. The van der Waals surface area contributed by atoms with Gasteiger partial charge in [-0.1, -0.05) is 12.1 Å². The van der Waals surface area contributed by atoms with Crippen LogP contribution in [0.1, 0.15) is 17.3 Å². The van der Waals surface area contributed by atoms with Crippen LogP contribution in [0.4, 0.5) is 0 Å². The molecule has 0 aliphatic rings. The van der Waals surface area contributed by atoms with Gasteiger partial charge in [0.05, 0.1) is 16.6 Å². The van der Waals surface area contributed by atoms with E-state index in [4.69, 9.17) is 0 Å². The van der Waals surface area contributed by atoms with E-state index in [0.29, 0.717) is 5.56 Å². The molecule has 3 nitrogen and oxygen atoms in total. The second-order valence-corrected chi connectivity index (χ2v) is 4.90. The summed E-state index contributed by atoms with van der Waals surface area (Å²) in [7, 11) is 0. The second-order valence-electron chi connectivity index (χ2n) is 4.39. The molecule has 0 aliphatic heterocycles. The van der Waals surface area contributed by atoms with E-state index < -0.39 is 0 Å². The van der Waals surface area contributed by atoms with Gasteiger partial charge in [-0.2, -0.15) is 0 Å². The van der Waals surface area contributed by atoms with Crippen LogP contribution in [0.25, 0.3) is 22.2 Å². The maximum atomic E-state index is 11.5. The van der Waals surface area contributed by atoms with Crippen LogP contribution in [0.2, 0.25) is 0 Å². The van der Waals surface area contributed by atoms with Crippen LogP contribution >= 0.6 is 12.6 Å². The Labute approximate surface area is 116 Å². The number of nitrogens with one attached hydrogen (secondary N) is 1. The Balaban J connectivity index is 2.25. The molecule has 0 atom stereocenters. The van der Waals surface area contributed by atoms with Crippen LogP contribution in [0, 0.1) is 0 Å². The molecule has 4 heteroatoms. The lowest BCUT2D eigenvalue weighted by Crippen LogP contribution is -1.91. The van der Waals surface area contributed by atoms with Crippen LogP contribution in [0.15, 0.2) is 47.6 Å². The summed E-state index contributed by atoms with van der Waals surface area (Å²) in [5.74, 6) is 0.0154. The number of aromatic amines is 1. The normalized spacial score (nSPS) is 10.8. The average Bonchev–Trinajstić information content (AvgIpc) is 2.83. The fraction of sp³-hybridized carbons (Fsp3) is 0.0667. The monoisotopic (exact) mass is 268 g/mol. The summed E-state index contributed by atoms with van der Waals surface area (Å²) in [4.78, 5) is 19.9. The number of pyridine rings is 1. The number of carbonyl (C=O) groups is 1. The largest absolute Gasteiger partial charge is 0.359 e. The maximum Gasteiger partial charge on any atom is 0.163 e. The third kappa shape index (κ3) is 2.04. The van der Waals surface area contributed by atoms with Gasteiger partial charge in [0.2, 0.25) is 0 Å². The van der Waals surface area contributed by atoms with Crippen molar-refractivity contribution in [3.63, 3.8) is 0 Å². The lowest BCUT2D eigenvalue weighted by atomic mass is 10.0. The zero-order chi connectivity index (χ0) is 13.4. The predicted octanol–water partition coefficient (Wildman–Crippen LogP) is 3.72. The zero-order valence-corrected chi connectivity index (χ0v) is 11.2. The molecule has 0 fully saturated rings. The molecule has 1 aromatic carbocycles. The Hall–Kier alpha value is -2.07. The number of Topliss-reactive ketones (excluding diaryl/α,β-unsaturated/α-hetero) is 1. The van der Waals surface area contributed by atoms with Gasteiger partial charge in [0.15, 0.2) is 5.78 Å². The summed E-state index contributed by atoms with van der Waals surface area (Å²) in [5, 5.41) is 0. The van der Waals surface area contributed by atoms with E-state index in [1.807, 2.05) is 30.3 Å². The van der Waals surface area contributed by atoms with Crippen molar-refractivity contribution >= 4 is 29.4 Å². The van der Waals surface area contributed by atoms with Gasteiger partial charge in [-0.25, -0.2) is 0 Å². The number of aromatic nitrogens is 2. The molecule has 19 heavy (non-hydrogen) atoms. The number of H-pyrrole nitrogens is 1. The number of hydrogen-bond donors (Lipinski definition) is 2. The van der Waals surface area contributed by atoms with Crippen molar-refractivity contribution in [3.05, 3.63) is 48.3 Å². The number of benzene rings is 1. The predicted molar refractivity (Wildman–Crippen MR) is 78.8 cm³/mol. The summed E-state index contributed by atoms with van der Waals surface area (Å²) in [6.07, 6.45) is 3.45. The van der Waals surface area contributed by atoms with Crippen molar-refractivity contribution in [1.82, 2.24) is 9.97 Å². The fourth-order valence-electron chi connectivity index (χ4n) is 2.17. The average molecular weight is 268 g/mol. The van der Waals surface area contributed by atoms with E-state index in [-0.39, 0.29) is 5.78 Å². The third-order valence-electron chi connectivity index (χ3n) is 3.12. The lowest BCUT2D eigenvalue weighted by Gasteiger charge is -2.03. The van der Waals surface area contributed by atoms with E-state index in [9.17, 15) is 4.79 Å². The molecule has 3 rings (SSSR count). The number of fused-ring (bicyclic) bond motifs is 1. The highest BCUT2D eigenvalue weighted by Crippen LogP contribution is 2.28. The number of ketones is 1. The zero-order valence-electron chi connectivity index (χ0n) is 10.3. The highest BCUT2D eigenvalue weighted by Gasteiger charge is 2.12. The number of nitrogens with zero attached hydrogens (tertiary/aromatic N) is 1. The van der Waals surface area contributed by atoms with Crippen LogP contribution < -0.4 is 0 Å². The molecule has 2 heterocycles. The van der Waals surface area contributed by atoms with Crippen molar-refractivity contribution in [3.8, 4) is 11.1 Å². The molecule has 94 valence electrons. The first-order chi connectivity index (χ1) is 9.16. The van der Waals surface area contributed by atoms with E-state index in [1.54, 1.807) is 19.3 Å². The van der Waals surface area contributed by atoms with Crippen molar-refractivity contribution < 1.29 is 4.79 Å². The molecule has 0 radical (unpaired) electrons. The molecule has 1 N–H and O–H groups in total. The minimum absolute atomic E-state index is 0.0154. The molecule has 0 bridgehead atoms. The number of rotatable bonds is 2. The van der Waals surface area contributed by atoms with Gasteiger partial charge in [-0.15, -0.1) is 12.6 Å². The molecule has 0 aliphatic carbocycles. The van der Waals surface area contributed by atoms with Gasteiger partial charge in [-0.3, -0.25) is 9.78 Å². The molecule has 0 saturated heterocycles. The molecule has 0 unspecified atom stereocenters. The van der Waals surface area contributed by atoms with E-state index in [1.165, 1.54) is 0 Å². The highest BCUT2D eigenvalue weighted by molar-refractivity contribution is 7.80. The standard InChI is InChI=1S/C15H12N2OS/c1-9(18)13-8-17-14-12(6-7-16-15(13)14)10-2-4-11(19)5-3-10/h2-8,17,19H,1H3. The van der Waals surface area contributed by atoms with Gasteiger partial charge in [-0.05, 0) is 30.7 Å². The number of thiol groups is 1. The third-order valence-corrected chi connectivity index (χ3v) is 3.42.